The molecule has 5 nitrogen and oxygen atoms in total. The van der Waals surface area contributed by atoms with Gasteiger partial charge in [0, 0.05) is 13.5 Å². The highest BCUT2D eigenvalue weighted by atomic mass is 19.1. The summed E-state index contributed by atoms with van der Waals surface area (Å²) in [5, 5.41) is 9.53. The molecule has 2 unspecified atom stereocenters. The van der Waals surface area contributed by atoms with E-state index in [0.717, 1.165) is 19.8 Å². The number of halogens is 1. The molecule has 1 fully saturated rings. The van der Waals surface area contributed by atoms with Gasteiger partial charge in [-0.25, -0.2) is 4.39 Å². The molecule has 0 bridgehead atoms. The monoisotopic (exact) mass is 250 g/mol. The summed E-state index contributed by atoms with van der Waals surface area (Å²) in [4.78, 5) is 10.7. The summed E-state index contributed by atoms with van der Waals surface area (Å²) in [5.41, 5.74) is 0. The first kappa shape index (κ1) is 14.3. The van der Waals surface area contributed by atoms with E-state index in [9.17, 15) is 14.3 Å². The van der Waals surface area contributed by atoms with Crippen LogP contribution in [0.3, 0.4) is 0 Å². The number of alkyl halides is 1. The molecule has 0 aromatic carbocycles. The van der Waals surface area contributed by atoms with Crippen LogP contribution in [0.15, 0.2) is 0 Å². The Kier molecular flexibility index (Phi) is 5.80. The second kappa shape index (κ2) is 6.88. The molecule has 6 heteroatoms. The molecule has 0 saturated carbocycles. The largest absolute Gasteiger partial charge is 0.433 e. The van der Waals surface area contributed by atoms with Crippen LogP contribution in [-0.4, -0.2) is 49.0 Å². The minimum atomic E-state index is -1.72. The third kappa shape index (κ3) is 4.22. The van der Waals surface area contributed by atoms with E-state index in [2.05, 4.69) is 4.74 Å². The number of rotatable bonds is 6. The molecular formula is C11H19FO5. The fraction of sp³-hybridized carbons (Fsp3) is 0.909. The maximum atomic E-state index is 13.5. The maximum Gasteiger partial charge on any atom is 0.305 e. The first-order chi connectivity index (χ1) is 8.06. The van der Waals surface area contributed by atoms with Crippen LogP contribution in [0.5, 0.6) is 0 Å². The lowest BCUT2D eigenvalue weighted by atomic mass is 10.2. The van der Waals surface area contributed by atoms with Crippen molar-refractivity contribution >= 4 is 5.97 Å². The highest BCUT2D eigenvalue weighted by molar-refractivity contribution is 5.66. The Bertz CT molecular complexity index is 248. The zero-order chi connectivity index (χ0) is 12.8. The molecule has 0 spiro atoms. The predicted molar refractivity (Wildman–Crippen MR) is 57.1 cm³/mol. The van der Waals surface area contributed by atoms with Gasteiger partial charge < -0.3 is 19.3 Å². The van der Waals surface area contributed by atoms with Gasteiger partial charge in [0.15, 0.2) is 6.17 Å². The molecule has 1 aliphatic heterocycles. The van der Waals surface area contributed by atoms with Crippen LogP contribution >= 0.6 is 0 Å². The molecule has 0 aliphatic carbocycles. The van der Waals surface area contributed by atoms with Gasteiger partial charge in [-0.15, -0.1) is 0 Å². The van der Waals surface area contributed by atoms with Crippen LogP contribution in [0.1, 0.15) is 26.7 Å². The van der Waals surface area contributed by atoms with Crippen LogP contribution in [0.4, 0.5) is 4.39 Å². The Morgan fingerprint density at radius 2 is 2.24 bits per heavy atom. The van der Waals surface area contributed by atoms with Crippen molar-refractivity contribution in [3.63, 3.8) is 0 Å². The average molecular weight is 250 g/mol. The van der Waals surface area contributed by atoms with E-state index in [1.165, 1.54) is 0 Å². The summed E-state index contributed by atoms with van der Waals surface area (Å²) in [7, 11) is 0. The second-order valence-electron chi connectivity index (χ2n) is 4.02. The van der Waals surface area contributed by atoms with Crippen molar-refractivity contribution in [1.29, 1.82) is 0 Å². The number of carbonyl (C=O) groups is 1. The number of esters is 1. The average Bonchev–Trinajstić information content (AvgIpc) is 2.52. The fourth-order valence-corrected chi connectivity index (χ4v) is 1.53. The van der Waals surface area contributed by atoms with E-state index in [0.29, 0.717) is 6.61 Å². The maximum absolute atomic E-state index is 13.5. The number of hydrogen-bond acceptors (Lipinski definition) is 5. The second-order valence-corrected chi connectivity index (χ2v) is 4.02. The van der Waals surface area contributed by atoms with Gasteiger partial charge in [0.2, 0.25) is 6.29 Å². The van der Waals surface area contributed by atoms with Gasteiger partial charge in [0.25, 0.3) is 0 Å². The normalized spacial score (nSPS) is 32.7. The van der Waals surface area contributed by atoms with Gasteiger partial charge in [0.1, 0.15) is 12.2 Å². The van der Waals surface area contributed by atoms with E-state index in [1.54, 1.807) is 0 Å². The van der Waals surface area contributed by atoms with Crippen LogP contribution < -0.4 is 0 Å². The molecule has 0 radical (unpaired) electrons. The molecule has 100 valence electrons. The minimum Gasteiger partial charge on any atom is -0.433 e. The molecule has 0 aromatic heterocycles. The van der Waals surface area contributed by atoms with Crippen LogP contribution in [0.25, 0.3) is 0 Å². The molecular weight excluding hydrogens is 231 g/mol. The lowest BCUT2D eigenvalue weighted by Crippen LogP contribution is -2.32. The standard InChI is InChI=1S/C11H19FO5/c1-3-4-5-15-6-8-10(14)9(12)11(17-8)16-7(2)13/h8-11,14H,3-6H2,1-2H3/t8-,9-,10?,11?/m1/s1. The summed E-state index contributed by atoms with van der Waals surface area (Å²) in [6.45, 7) is 3.82. The van der Waals surface area contributed by atoms with Gasteiger partial charge in [-0.2, -0.15) is 0 Å². The number of hydrogen-bond donors (Lipinski definition) is 1. The van der Waals surface area contributed by atoms with Crippen LogP contribution in [-0.2, 0) is 19.0 Å². The summed E-state index contributed by atoms with van der Waals surface area (Å²) in [5.74, 6) is -0.641. The molecule has 1 saturated heterocycles. The number of aliphatic hydroxyl groups is 1. The summed E-state index contributed by atoms with van der Waals surface area (Å²) < 4.78 is 28.4. The SMILES string of the molecule is CCCCOC[C@H]1OC(OC(C)=O)[C@H](F)C1O. The van der Waals surface area contributed by atoms with Gasteiger partial charge in [-0.05, 0) is 6.42 Å². The number of ether oxygens (including phenoxy) is 3. The molecule has 1 heterocycles. The van der Waals surface area contributed by atoms with Gasteiger partial charge in [-0.3, -0.25) is 4.79 Å². The predicted octanol–water partition coefficient (Wildman–Crippen LogP) is 0.790. The summed E-state index contributed by atoms with van der Waals surface area (Å²) in [6.07, 6.45) is -3.27. The van der Waals surface area contributed by atoms with Gasteiger partial charge in [0.05, 0.1) is 6.61 Å². The van der Waals surface area contributed by atoms with E-state index in [4.69, 9.17) is 9.47 Å². The van der Waals surface area contributed by atoms with Crippen molar-refractivity contribution in [3.8, 4) is 0 Å². The Hall–Kier alpha value is -0.720. The quantitative estimate of drug-likeness (QED) is 0.557. The van der Waals surface area contributed by atoms with Gasteiger partial charge in [-0.1, -0.05) is 13.3 Å². The Morgan fingerprint density at radius 1 is 1.53 bits per heavy atom. The van der Waals surface area contributed by atoms with E-state index < -0.39 is 30.6 Å². The molecule has 1 rings (SSSR count). The first-order valence-electron chi connectivity index (χ1n) is 5.78. The third-order valence-corrected chi connectivity index (χ3v) is 2.48. The lowest BCUT2D eigenvalue weighted by Gasteiger charge is -2.13. The molecule has 1 N–H and O–H groups in total. The third-order valence-electron chi connectivity index (χ3n) is 2.48. The van der Waals surface area contributed by atoms with Crippen molar-refractivity contribution < 1.29 is 28.5 Å². The van der Waals surface area contributed by atoms with Gasteiger partial charge >= 0.3 is 5.97 Å². The number of carbonyl (C=O) groups excluding carboxylic acids is 1. The van der Waals surface area contributed by atoms with E-state index in [-0.39, 0.29) is 6.61 Å². The minimum absolute atomic E-state index is 0.0966. The van der Waals surface area contributed by atoms with E-state index >= 15 is 0 Å². The molecule has 1 aliphatic rings. The smallest absolute Gasteiger partial charge is 0.305 e. The zero-order valence-corrected chi connectivity index (χ0v) is 10.1. The van der Waals surface area contributed by atoms with Crippen LogP contribution in [0.2, 0.25) is 0 Å². The van der Waals surface area contributed by atoms with Crippen molar-refractivity contribution in [3.05, 3.63) is 0 Å². The Balaban J connectivity index is 2.34. The Labute approximate surface area is 99.8 Å². The van der Waals surface area contributed by atoms with Crippen LogP contribution in [0, 0.1) is 0 Å². The first-order valence-corrected chi connectivity index (χ1v) is 5.78. The highest BCUT2D eigenvalue weighted by Crippen LogP contribution is 2.25. The van der Waals surface area contributed by atoms with Crippen molar-refractivity contribution in [1.82, 2.24) is 0 Å². The summed E-state index contributed by atoms with van der Waals surface area (Å²) >= 11 is 0. The molecule has 0 aromatic rings. The number of aliphatic hydroxyl groups excluding tert-OH is 1. The fourth-order valence-electron chi connectivity index (χ4n) is 1.53. The zero-order valence-electron chi connectivity index (χ0n) is 10.1. The van der Waals surface area contributed by atoms with E-state index in [1.807, 2.05) is 6.92 Å². The highest BCUT2D eigenvalue weighted by Gasteiger charge is 2.46. The molecule has 4 atom stereocenters. The summed E-state index contributed by atoms with van der Waals surface area (Å²) in [6, 6.07) is 0. The lowest BCUT2D eigenvalue weighted by molar-refractivity contribution is -0.183. The molecule has 0 amide bonds. The topological polar surface area (TPSA) is 65.0 Å². The van der Waals surface area contributed by atoms with Crippen molar-refractivity contribution in [2.45, 2.75) is 51.4 Å². The van der Waals surface area contributed by atoms with Crippen molar-refractivity contribution in [2.24, 2.45) is 0 Å². The molecule has 17 heavy (non-hydrogen) atoms. The Morgan fingerprint density at radius 3 is 2.82 bits per heavy atom. The number of unbranched alkanes of at least 4 members (excludes halogenated alkanes) is 1. The van der Waals surface area contributed by atoms with Crippen molar-refractivity contribution in [2.75, 3.05) is 13.2 Å².